The van der Waals surface area contributed by atoms with Crippen LogP contribution in [0.1, 0.15) is 10.4 Å². The van der Waals surface area contributed by atoms with Crippen LogP contribution in [0, 0.1) is 5.82 Å². The van der Waals surface area contributed by atoms with E-state index in [2.05, 4.69) is 0 Å². The van der Waals surface area contributed by atoms with E-state index < -0.39 is 0 Å². The van der Waals surface area contributed by atoms with Gasteiger partial charge in [0.25, 0.3) is 0 Å². The van der Waals surface area contributed by atoms with Crippen LogP contribution in [-0.4, -0.2) is 12.4 Å². The number of Topliss-reactive ketones (excluding diaryl/α,β-unsaturated/α-hetero) is 1. The molecule has 0 saturated carbocycles. The Morgan fingerprint density at radius 2 is 1.94 bits per heavy atom. The number of carbonyl (C=O) groups excluding carboxylic acids is 1. The Morgan fingerprint density at radius 3 is 2.50 bits per heavy atom. The van der Waals surface area contributed by atoms with E-state index in [0.29, 0.717) is 20.0 Å². The zero-order valence-electron chi connectivity index (χ0n) is 8.95. The lowest BCUT2D eigenvalue weighted by Crippen LogP contribution is -2.11. The molecule has 2 aromatic rings. The van der Waals surface area contributed by atoms with Crippen molar-refractivity contribution in [1.29, 1.82) is 0 Å². The lowest BCUT2D eigenvalue weighted by Gasteiger charge is -2.04. The average molecular weight is 305 g/mol. The van der Waals surface area contributed by atoms with Crippen molar-refractivity contribution < 1.29 is 13.9 Å². The third-order valence-electron chi connectivity index (χ3n) is 2.14. The van der Waals surface area contributed by atoms with Crippen LogP contribution in [0.3, 0.4) is 0 Å². The minimum atomic E-state index is -0.360. The highest BCUT2D eigenvalue weighted by Gasteiger charge is 2.14. The molecule has 0 radical (unpaired) electrons. The van der Waals surface area contributed by atoms with Crippen molar-refractivity contribution in [1.82, 2.24) is 0 Å². The van der Waals surface area contributed by atoms with Crippen molar-refractivity contribution in [2.75, 3.05) is 6.61 Å². The van der Waals surface area contributed by atoms with Gasteiger partial charge in [0, 0.05) is 0 Å². The zero-order valence-corrected chi connectivity index (χ0v) is 11.3. The van der Waals surface area contributed by atoms with Crippen molar-refractivity contribution in [3.8, 4) is 5.75 Å². The third kappa shape index (κ3) is 3.22. The summed E-state index contributed by atoms with van der Waals surface area (Å²) in [5.41, 5.74) is 0.341. The van der Waals surface area contributed by atoms with Gasteiger partial charge in [-0.1, -0.05) is 23.2 Å². The van der Waals surface area contributed by atoms with Crippen LogP contribution >= 0.6 is 34.5 Å². The molecule has 0 N–H and O–H groups in total. The number of rotatable bonds is 4. The molecule has 0 unspecified atom stereocenters. The van der Waals surface area contributed by atoms with Crippen LogP contribution in [0.2, 0.25) is 8.67 Å². The van der Waals surface area contributed by atoms with Gasteiger partial charge in [-0.25, -0.2) is 4.39 Å². The fraction of sp³-hybridized carbons (Fsp3) is 0.0833. The lowest BCUT2D eigenvalue weighted by atomic mass is 10.2. The second-order valence-corrected chi connectivity index (χ2v) is 5.69. The molecule has 0 aliphatic rings. The van der Waals surface area contributed by atoms with Gasteiger partial charge >= 0.3 is 0 Å². The molecule has 94 valence electrons. The van der Waals surface area contributed by atoms with E-state index in [9.17, 15) is 9.18 Å². The van der Waals surface area contributed by atoms with Crippen molar-refractivity contribution in [2.24, 2.45) is 0 Å². The number of benzene rings is 1. The minimum Gasteiger partial charge on any atom is -0.485 e. The number of thiophene rings is 1. The van der Waals surface area contributed by atoms with Crippen LogP contribution in [0.4, 0.5) is 4.39 Å². The molecule has 2 nitrogen and oxygen atoms in total. The van der Waals surface area contributed by atoms with Gasteiger partial charge in [-0.15, -0.1) is 11.3 Å². The van der Waals surface area contributed by atoms with Crippen molar-refractivity contribution >= 4 is 40.3 Å². The summed E-state index contributed by atoms with van der Waals surface area (Å²) in [4.78, 5) is 11.8. The van der Waals surface area contributed by atoms with Crippen LogP contribution in [0.5, 0.6) is 5.75 Å². The smallest absolute Gasteiger partial charge is 0.202 e. The lowest BCUT2D eigenvalue weighted by molar-refractivity contribution is 0.0922. The maximum absolute atomic E-state index is 12.7. The predicted octanol–water partition coefficient (Wildman–Crippen LogP) is 4.46. The highest BCUT2D eigenvalue weighted by molar-refractivity contribution is 7.20. The van der Waals surface area contributed by atoms with E-state index in [4.69, 9.17) is 27.9 Å². The van der Waals surface area contributed by atoms with Crippen LogP contribution in [0.25, 0.3) is 0 Å². The van der Waals surface area contributed by atoms with Gasteiger partial charge in [0.2, 0.25) is 5.78 Å². The zero-order chi connectivity index (χ0) is 13.1. The van der Waals surface area contributed by atoms with E-state index in [-0.39, 0.29) is 18.2 Å². The molecule has 0 atom stereocenters. The van der Waals surface area contributed by atoms with Crippen molar-refractivity contribution in [3.05, 3.63) is 50.4 Å². The van der Waals surface area contributed by atoms with Gasteiger partial charge in [-0.3, -0.25) is 4.79 Å². The van der Waals surface area contributed by atoms with E-state index >= 15 is 0 Å². The van der Waals surface area contributed by atoms with Crippen molar-refractivity contribution in [3.63, 3.8) is 0 Å². The molecule has 18 heavy (non-hydrogen) atoms. The van der Waals surface area contributed by atoms with Crippen molar-refractivity contribution in [2.45, 2.75) is 0 Å². The summed E-state index contributed by atoms with van der Waals surface area (Å²) in [6, 6.07) is 6.92. The second-order valence-electron chi connectivity index (χ2n) is 3.40. The molecule has 0 aliphatic carbocycles. The topological polar surface area (TPSA) is 26.3 Å². The van der Waals surface area contributed by atoms with Crippen LogP contribution in [0.15, 0.2) is 30.3 Å². The highest BCUT2D eigenvalue weighted by Crippen LogP contribution is 2.31. The fourth-order valence-corrected chi connectivity index (χ4v) is 2.79. The number of ketones is 1. The maximum Gasteiger partial charge on any atom is 0.202 e. The third-order valence-corrected chi connectivity index (χ3v) is 3.63. The SMILES string of the molecule is O=C(COc1ccc(F)cc1)c1cc(Cl)sc1Cl. The molecule has 0 aliphatic heterocycles. The number of hydrogen-bond donors (Lipinski definition) is 0. The summed E-state index contributed by atoms with van der Waals surface area (Å²) in [6.45, 7) is -0.168. The Morgan fingerprint density at radius 1 is 1.28 bits per heavy atom. The summed E-state index contributed by atoms with van der Waals surface area (Å²) >= 11 is 12.7. The Hall–Kier alpha value is -1.10. The Bertz CT molecular complexity index is 566. The summed E-state index contributed by atoms with van der Waals surface area (Å²) in [5, 5.41) is 0. The monoisotopic (exact) mass is 304 g/mol. The standard InChI is InChI=1S/C12H7Cl2FO2S/c13-11-5-9(12(14)18-11)10(16)6-17-8-3-1-7(15)2-4-8/h1-5H,6H2. The largest absolute Gasteiger partial charge is 0.485 e. The molecule has 1 aromatic carbocycles. The molecule has 1 heterocycles. The molecule has 0 bridgehead atoms. The first-order valence-corrected chi connectivity index (χ1v) is 6.50. The van der Waals surface area contributed by atoms with E-state index in [1.807, 2.05) is 0 Å². The van der Waals surface area contributed by atoms with Gasteiger partial charge in [0.1, 0.15) is 15.9 Å². The van der Waals surface area contributed by atoms with Gasteiger partial charge in [-0.2, -0.15) is 0 Å². The minimum absolute atomic E-state index is 0.168. The van der Waals surface area contributed by atoms with Gasteiger partial charge in [-0.05, 0) is 30.3 Å². The number of halogens is 3. The van der Waals surface area contributed by atoms with Gasteiger partial charge in [0.15, 0.2) is 6.61 Å². The Kier molecular flexibility index (Phi) is 4.22. The number of carbonyl (C=O) groups is 1. The first-order chi connectivity index (χ1) is 8.56. The molecular formula is C12H7Cl2FO2S. The van der Waals surface area contributed by atoms with Crippen LogP contribution in [-0.2, 0) is 0 Å². The van der Waals surface area contributed by atoms with E-state index in [1.54, 1.807) is 0 Å². The van der Waals surface area contributed by atoms with E-state index in [0.717, 1.165) is 11.3 Å². The second kappa shape index (κ2) is 5.69. The molecular weight excluding hydrogens is 298 g/mol. The Balaban J connectivity index is 2.00. The Labute approximate surface area is 117 Å². The van der Waals surface area contributed by atoms with E-state index in [1.165, 1.54) is 30.3 Å². The molecule has 0 amide bonds. The summed E-state index contributed by atoms with van der Waals surface area (Å²) in [5.74, 6) is -0.212. The molecule has 0 saturated heterocycles. The molecule has 0 fully saturated rings. The van der Waals surface area contributed by atoms with Crippen LogP contribution < -0.4 is 4.74 Å². The first kappa shape index (κ1) is 13.3. The summed E-state index contributed by atoms with van der Waals surface area (Å²) in [6.07, 6.45) is 0. The molecule has 0 spiro atoms. The summed E-state index contributed by atoms with van der Waals surface area (Å²) < 4.78 is 18.7. The maximum atomic E-state index is 12.7. The van der Waals surface area contributed by atoms with Gasteiger partial charge in [0.05, 0.1) is 9.90 Å². The molecule has 2 rings (SSSR count). The molecule has 6 heteroatoms. The summed E-state index contributed by atoms with van der Waals surface area (Å²) in [7, 11) is 0. The molecule has 1 aromatic heterocycles. The van der Waals surface area contributed by atoms with Gasteiger partial charge < -0.3 is 4.74 Å². The highest BCUT2D eigenvalue weighted by atomic mass is 35.5. The number of ether oxygens (including phenoxy) is 1. The number of hydrogen-bond acceptors (Lipinski definition) is 3. The fourth-order valence-electron chi connectivity index (χ4n) is 1.29. The average Bonchev–Trinajstić information content (AvgIpc) is 2.67. The first-order valence-electron chi connectivity index (χ1n) is 4.92. The predicted molar refractivity (Wildman–Crippen MR) is 70.6 cm³/mol. The normalized spacial score (nSPS) is 10.4. The quantitative estimate of drug-likeness (QED) is 0.780.